The maximum atomic E-state index is 11.2. The van der Waals surface area contributed by atoms with Crippen molar-refractivity contribution in [2.75, 3.05) is 36.6 Å². The molecule has 6 heteroatoms. The van der Waals surface area contributed by atoms with E-state index in [2.05, 4.69) is 187 Å². The van der Waals surface area contributed by atoms with Crippen molar-refractivity contribution in [3.63, 3.8) is 0 Å². The number of para-hydroxylation sites is 1. The normalized spacial score (nSPS) is 13.2. The number of aryl methyl sites for hydroxylation is 2. The Balaban J connectivity index is 1.47. The number of anilines is 3. The number of hydrogen-bond donors (Lipinski definition) is 3. The highest BCUT2D eigenvalue weighted by atomic mass is 16.5. The first kappa shape index (κ1) is 51.6. The number of ether oxygens (including phenoxy) is 2. The molecule has 1 unspecified atom stereocenters. The van der Waals surface area contributed by atoms with Crippen molar-refractivity contribution in [2.24, 2.45) is 5.92 Å². The van der Waals surface area contributed by atoms with Crippen molar-refractivity contribution in [2.45, 2.75) is 183 Å². The van der Waals surface area contributed by atoms with Crippen molar-refractivity contribution >= 4 is 17.1 Å². The molecule has 0 amide bonds. The molecule has 63 heavy (non-hydrogen) atoms. The van der Waals surface area contributed by atoms with Gasteiger partial charge in [0.2, 0.25) is 0 Å². The second kappa shape index (κ2) is 22.3. The van der Waals surface area contributed by atoms with E-state index in [9.17, 15) is 10.2 Å². The monoisotopic (exact) mass is 863 g/mol. The Bertz CT molecular complexity index is 1830. The zero-order valence-electron chi connectivity index (χ0n) is 42.2. The number of nitrogens with one attached hydrogen (secondary N) is 1. The lowest BCUT2D eigenvalue weighted by Crippen LogP contribution is -2.44. The zero-order chi connectivity index (χ0) is 46.8. The van der Waals surface area contributed by atoms with E-state index in [0.29, 0.717) is 49.9 Å². The van der Waals surface area contributed by atoms with Crippen LogP contribution in [0.1, 0.15) is 169 Å². The molecule has 348 valence electrons. The van der Waals surface area contributed by atoms with E-state index in [-0.39, 0.29) is 27.7 Å². The highest BCUT2D eigenvalue weighted by Gasteiger charge is 2.29. The second-order valence-corrected chi connectivity index (χ2v) is 22.7. The average molecular weight is 863 g/mol. The van der Waals surface area contributed by atoms with Gasteiger partial charge in [-0.1, -0.05) is 139 Å². The number of nitrogens with zero attached hydrogens (tertiary/aromatic N) is 1. The van der Waals surface area contributed by atoms with Gasteiger partial charge in [-0.25, -0.2) is 0 Å². The van der Waals surface area contributed by atoms with E-state index in [1.165, 1.54) is 16.8 Å². The maximum Gasteiger partial charge on any atom is 0.123 e. The Labute approximate surface area is 384 Å². The number of phenolic OH excluding ortho intramolecular Hbond substituents is 2. The molecule has 0 radical (unpaired) electrons. The van der Waals surface area contributed by atoms with Crippen molar-refractivity contribution in [1.29, 1.82) is 0 Å². The van der Waals surface area contributed by atoms with Crippen molar-refractivity contribution in [3.05, 3.63) is 112 Å². The summed E-state index contributed by atoms with van der Waals surface area (Å²) in [7, 11) is 0. The van der Waals surface area contributed by atoms with Crippen LogP contribution in [0.5, 0.6) is 11.5 Å². The van der Waals surface area contributed by atoms with Crippen LogP contribution in [-0.4, -0.2) is 48.7 Å². The maximum absolute atomic E-state index is 11.2. The third-order valence-corrected chi connectivity index (χ3v) is 12.2. The highest BCUT2D eigenvalue weighted by molar-refractivity contribution is 5.63. The lowest BCUT2D eigenvalue weighted by atomic mass is 9.78. The molecule has 0 aliphatic carbocycles. The van der Waals surface area contributed by atoms with Crippen LogP contribution in [0.25, 0.3) is 0 Å². The van der Waals surface area contributed by atoms with E-state index in [4.69, 9.17) is 9.47 Å². The van der Waals surface area contributed by atoms with E-state index in [0.717, 1.165) is 78.6 Å². The fraction of sp³-hybridized carbons (Fsp3) is 0.579. The largest absolute Gasteiger partial charge is 0.507 e. The minimum Gasteiger partial charge on any atom is -0.507 e. The summed E-state index contributed by atoms with van der Waals surface area (Å²) in [5.74, 6) is 1.43. The number of benzene rings is 4. The molecule has 4 aromatic carbocycles. The molecule has 3 N–H and O–H groups in total. The number of hydrogen-bond acceptors (Lipinski definition) is 6. The summed E-state index contributed by atoms with van der Waals surface area (Å²) in [6.45, 7) is 35.8. The van der Waals surface area contributed by atoms with E-state index < -0.39 is 0 Å². The van der Waals surface area contributed by atoms with Gasteiger partial charge in [0, 0.05) is 55.6 Å². The lowest BCUT2D eigenvalue weighted by molar-refractivity contribution is 0.104. The predicted molar refractivity (Wildman–Crippen MR) is 270 cm³/mol. The first-order chi connectivity index (χ1) is 29.4. The smallest absolute Gasteiger partial charge is 0.123 e. The SMILES string of the molecule is CC(C)CC(C)N(c1ccc(Nc2ccccc2)cc1)C(CCOCCCc1cc(C(C)(C)C)c(O)c(C(C)(C)C)c1)CCOCCCc1cc(C(C)(C)C)c(O)c(C(C)(C)C)c1. The summed E-state index contributed by atoms with van der Waals surface area (Å²) in [4.78, 5) is 2.63. The number of rotatable bonds is 21. The van der Waals surface area contributed by atoms with Gasteiger partial charge < -0.3 is 29.9 Å². The molecule has 1 atom stereocenters. The van der Waals surface area contributed by atoms with Gasteiger partial charge in [0.05, 0.1) is 0 Å². The van der Waals surface area contributed by atoms with Crippen LogP contribution >= 0.6 is 0 Å². The molecule has 0 bridgehead atoms. The minimum absolute atomic E-state index is 0.147. The predicted octanol–water partition coefficient (Wildman–Crippen LogP) is 14.7. The molecule has 0 aliphatic rings. The van der Waals surface area contributed by atoms with E-state index in [1.807, 2.05) is 6.07 Å². The van der Waals surface area contributed by atoms with Gasteiger partial charge in [-0.05, 0) is 149 Å². The summed E-state index contributed by atoms with van der Waals surface area (Å²) in [5.41, 5.74) is 9.35. The van der Waals surface area contributed by atoms with Gasteiger partial charge in [-0.15, -0.1) is 0 Å². The standard InChI is InChI=1S/C57H86N2O4/c1-40(2)35-41(3)59(46-27-25-45(26-28-46)58-44-23-17-16-18-24-44)47(29-33-62-31-19-21-42-36-48(54(4,5)6)52(60)49(37-42)55(7,8)9)30-34-63-32-20-22-43-38-50(56(10,11)12)53(61)51(39-43)57(13,14)15/h16-18,23-28,36-41,47,58,60-61H,19-22,29-35H2,1-15H3. The van der Waals surface area contributed by atoms with E-state index in [1.54, 1.807) is 0 Å². The van der Waals surface area contributed by atoms with Gasteiger partial charge in [0.15, 0.2) is 0 Å². The van der Waals surface area contributed by atoms with Crippen molar-refractivity contribution in [1.82, 2.24) is 0 Å². The summed E-state index contributed by atoms with van der Waals surface area (Å²) in [6.07, 6.45) is 6.54. The molecular weight excluding hydrogens is 777 g/mol. The van der Waals surface area contributed by atoms with Crippen LogP contribution in [0.15, 0.2) is 78.9 Å². The molecular formula is C57H86N2O4. The molecule has 0 saturated carbocycles. The Morgan fingerprint density at radius 1 is 0.524 bits per heavy atom. The third kappa shape index (κ3) is 15.6. The van der Waals surface area contributed by atoms with Crippen LogP contribution in [0.4, 0.5) is 17.1 Å². The van der Waals surface area contributed by atoms with Crippen LogP contribution in [0.2, 0.25) is 0 Å². The molecule has 0 fully saturated rings. The zero-order valence-corrected chi connectivity index (χ0v) is 42.2. The van der Waals surface area contributed by atoms with E-state index >= 15 is 0 Å². The Morgan fingerprint density at radius 2 is 0.905 bits per heavy atom. The fourth-order valence-corrected chi connectivity index (χ4v) is 8.81. The van der Waals surface area contributed by atoms with Crippen LogP contribution in [-0.2, 0) is 44.0 Å². The van der Waals surface area contributed by atoms with Crippen LogP contribution in [0.3, 0.4) is 0 Å². The number of aromatic hydroxyl groups is 2. The first-order valence-corrected chi connectivity index (χ1v) is 24.0. The van der Waals surface area contributed by atoms with Gasteiger partial charge in [-0.2, -0.15) is 0 Å². The topological polar surface area (TPSA) is 74.2 Å². The van der Waals surface area contributed by atoms with Crippen molar-refractivity contribution < 1.29 is 19.7 Å². The molecule has 0 aliphatic heterocycles. The Morgan fingerprint density at radius 3 is 1.27 bits per heavy atom. The second-order valence-electron chi connectivity index (χ2n) is 22.7. The van der Waals surface area contributed by atoms with Gasteiger partial charge in [0.25, 0.3) is 0 Å². The highest BCUT2D eigenvalue weighted by Crippen LogP contribution is 2.41. The minimum atomic E-state index is -0.147. The van der Waals surface area contributed by atoms with Gasteiger partial charge >= 0.3 is 0 Å². The van der Waals surface area contributed by atoms with Gasteiger partial charge in [-0.3, -0.25) is 0 Å². The average Bonchev–Trinajstić information content (AvgIpc) is 3.17. The molecule has 0 heterocycles. The molecule has 4 rings (SSSR count). The molecule has 6 nitrogen and oxygen atoms in total. The van der Waals surface area contributed by atoms with Gasteiger partial charge in [0.1, 0.15) is 11.5 Å². The molecule has 4 aromatic rings. The first-order valence-electron chi connectivity index (χ1n) is 24.0. The van der Waals surface area contributed by atoms with Crippen LogP contribution < -0.4 is 10.2 Å². The van der Waals surface area contributed by atoms with Crippen molar-refractivity contribution in [3.8, 4) is 11.5 Å². The molecule has 0 saturated heterocycles. The third-order valence-electron chi connectivity index (χ3n) is 12.2. The Hall–Kier alpha value is -4.00. The summed E-state index contributed by atoms with van der Waals surface area (Å²) in [5, 5.41) is 26.0. The quantitative estimate of drug-likeness (QED) is 0.0725. The fourth-order valence-electron chi connectivity index (χ4n) is 8.81. The molecule has 0 spiro atoms. The summed E-state index contributed by atoms with van der Waals surface area (Å²) >= 11 is 0. The Kier molecular flexibility index (Phi) is 18.2. The van der Waals surface area contributed by atoms with Crippen LogP contribution in [0, 0.1) is 5.92 Å². The lowest BCUT2D eigenvalue weighted by Gasteiger charge is -2.40. The summed E-state index contributed by atoms with van der Waals surface area (Å²) < 4.78 is 12.9. The molecule has 0 aromatic heterocycles. The summed E-state index contributed by atoms with van der Waals surface area (Å²) in [6, 6.07) is 28.6. The number of phenols is 2.